The lowest BCUT2D eigenvalue weighted by atomic mass is 9.79. The van der Waals surface area contributed by atoms with Crippen molar-refractivity contribution in [2.75, 3.05) is 0 Å². The zero-order valence-electron chi connectivity index (χ0n) is 17.0. The number of aromatic nitrogens is 1. The van der Waals surface area contributed by atoms with E-state index in [9.17, 15) is 9.59 Å². The topological polar surface area (TPSA) is 91.8 Å². The van der Waals surface area contributed by atoms with Gasteiger partial charge in [0.05, 0.1) is 5.41 Å². The zero-order chi connectivity index (χ0) is 22.2. The number of fused-ring (bicyclic) bond motifs is 1. The summed E-state index contributed by atoms with van der Waals surface area (Å²) in [4.78, 5) is 31.0. The highest BCUT2D eigenvalue weighted by Crippen LogP contribution is 2.44. The lowest BCUT2D eigenvalue weighted by Gasteiger charge is -2.36. The molecule has 0 spiro atoms. The summed E-state index contributed by atoms with van der Waals surface area (Å²) in [5.41, 5.74) is 2.65. The van der Waals surface area contributed by atoms with E-state index < -0.39 is 17.4 Å². The molecule has 2 aliphatic rings. The van der Waals surface area contributed by atoms with Crippen LogP contribution in [0.5, 0.6) is 5.75 Å². The third kappa shape index (κ3) is 4.22. The molecule has 2 N–H and O–H groups in total. The molecule has 2 saturated heterocycles. The molecule has 2 fully saturated rings. The minimum Gasteiger partial charge on any atom is -0.489 e. The molecule has 1 aromatic carbocycles. The summed E-state index contributed by atoms with van der Waals surface area (Å²) in [5, 5.41) is 9.67. The van der Waals surface area contributed by atoms with Crippen molar-refractivity contribution in [2.45, 2.75) is 56.7 Å². The largest absolute Gasteiger partial charge is 0.489 e. The Hall–Kier alpha value is -2.35. The second-order valence-electron chi connectivity index (χ2n) is 8.26. The number of hydroxylamine groups is 1. The van der Waals surface area contributed by atoms with E-state index in [1.54, 1.807) is 22.5 Å². The fraction of sp³-hybridized carbons (Fsp3) is 0.409. The van der Waals surface area contributed by atoms with Crippen LogP contribution < -0.4 is 10.2 Å². The average molecular weight is 464 g/mol. The average Bonchev–Trinajstić information content (AvgIpc) is 3.02. The third-order valence-electron chi connectivity index (χ3n) is 6.23. The van der Waals surface area contributed by atoms with Crippen molar-refractivity contribution in [1.82, 2.24) is 15.4 Å². The lowest BCUT2D eigenvalue weighted by molar-refractivity contribution is -0.147. The lowest BCUT2D eigenvalue weighted by Crippen LogP contribution is -2.53. The molecular formula is C22H23Cl2N3O4. The zero-order valence-corrected chi connectivity index (χ0v) is 18.5. The van der Waals surface area contributed by atoms with Crippen LogP contribution in [0.2, 0.25) is 10.3 Å². The SMILES string of the molecule is C[C@@]1(c2ccc(OCc3cc(Cl)nc(Cl)c3)cc2)CC2CCC[C@H](C(=O)NO)N2C1=O. The van der Waals surface area contributed by atoms with Gasteiger partial charge in [0.1, 0.15) is 28.7 Å². The van der Waals surface area contributed by atoms with Gasteiger partial charge < -0.3 is 9.64 Å². The number of halogens is 2. The van der Waals surface area contributed by atoms with Crippen LogP contribution in [0.4, 0.5) is 0 Å². The van der Waals surface area contributed by atoms with Crippen molar-refractivity contribution in [2.24, 2.45) is 0 Å². The van der Waals surface area contributed by atoms with Crippen LogP contribution >= 0.6 is 23.2 Å². The van der Waals surface area contributed by atoms with E-state index in [4.69, 9.17) is 33.1 Å². The predicted molar refractivity (Wildman–Crippen MR) is 115 cm³/mol. The number of pyridine rings is 1. The summed E-state index contributed by atoms with van der Waals surface area (Å²) in [6.45, 7) is 2.20. The van der Waals surface area contributed by atoms with E-state index >= 15 is 0 Å². The maximum atomic E-state index is 13.4. The number of nitrogens with one attached hydrogen (secondary N) is 1. The van der Waals surface area contributed by atoms with Crippen molar-refractivity contribution >= 4 is 35.0 Å². The summed E-state index contributed by atoms with van der Waals surface area (Å²) >= 11 is 11.8. The minimum atomic E-state index is -0.728. The number of amides is 2. The first-order valence-electron chi connectivity index (χ1n) is 10.1. The standard InChI is InChI=1S/C22H23Cl2N3O4/c1-22(11-15-3-2-4-17(20(28)26-30)27(15)21(22)29)14-5-7-16(8-6-14)31-12-13-9-18(23)25-19(24)10-13/h5-10,15,17,30H,2-4,11-12H2,1H3,(H,26,28)/t15?,17-,22+/m1/s1. The molecule has 2 aromatic rings. The van der Waals surface area contributed by atoms with Gasteiger partial charge in [-0.15, -0.1) is 0 Å². The van der Waals surface area contributed by atoms with Gasteiger partial charge in [0, 0.05) is 6.04 Å². The number of rotatable bonds is 5. The van der Waals surface area contributed by atoms with E-state index in [0.29, 0.717) is 28.9 Å². The second-order valence-corrected chi connectivity index (χ2v) is 9.03. The van der Waals surface area contributed by atoms with Gasteiger partial charge in [0.15, 0.2) is 0 Å². The van der Waals surface area contributed by atoms with Gasteiger partial charge in [-0.05, 0) is 68.0 Å². The van der Waals surface area contributed by atoms with Gasteiger partial charge in [-0.1, -0.05) is 35.3 Å². The summed E-state index contributed by atoms with van der Waals surface area (Å²) in [6, 6.07) is 10.2. The number of ether oxygens (including phenoxy) is 1. The normalized spacial score (nSPS) is 25.3. The fourth-order valence-electron chi connectivity index (χ4n) is 4.69. The number of benzene rings is 1. The maximum Gasteiger partial charge on any atom is 0.266 e. The number of hydrogen-bond donors (Lipinski definition) is 2. The Morgan fingerprint density at radius 3 is 2.58 bits per heavy atom. The molecule has 4 rings (SSSR count). The summed E-state index contributed by atoms with van der Waals surface area (Å²) in [6.07, 6.45) is 2.89. The first-order valence-corrected chi connectivity index (χ1v) is 10.9. The van der Waals surface area contributed by atoms with E-state index in [2.05, 4.69) is 4.98 Å². The van der Waals surface area contributed by atoms with Gasteiger partial charge in [0.25, 0.3) is 5.91 Å². The highest BCUT2D eigenvalue weighted by molar-refractivity contribution is 6.32. The number of nitrogens with zero attached hydrogens (tertiary/aromatic N) is 2. The van der Waals surface area contributed by atoms with Gasteiger partial charge in [-0.3, -0.25) is 14.8 Å². The predicted octanol–water partition coefficient (Wildman–Crippen LogP) is 3.88. The molecule has 164 valence electrons. The first kappa shape index (κ1) is 21.9. The molecule has 31 heavy (non-hydrogen) atoms. The number of hydrogen-bond acceptors (Lipinski definition) is 5. The number of piperidine rings is 1. The first-order chi connectivity index (χ1) is 14.8. The Labute approximate surface area is 190 Å². The Bertz CT molecular complexity index is 981. The number of carbonyl (C=O) groups is 2. The Morgan fingerprint density at radius 1 is 1.26 bits per heavy atom. The Kier molecular flexibility index (Phi) is 6.10. The maximum absolute atomic E-state index is 13.4. The van der Waals surface area contributed by atoms with Crippen molar-refractivity contribution in [3.8, 4) is 5.75 Å². The fourth-order valence-corrected chi connectivity index (χ4v) is 5.19. The molecule has 0 saturated carbocycles. The summed E-state index contributed by atoms with van der Waals surface area (Å²) in [7, 11) is 0. The molecule has 3 atom stereocenters. The molecule has 2 aliphatic heterocycles. The highest BCUT2D eigenvalue weighted by Gasteiger charge is 2.53. The van der Waals surface area contributed by atoms with Crippen molar-refractivity contribution < 1.29 is 19.5 Å². The van der Waals surface area contributed by atoms with Crippen LogP contribution in [0.25, 0.3) is 0 Å². The molecule has 3 heterocycles. The highest BCUT2D eigenvalue weighted by atomic mass is 35.5. The van der Waals surface area contributed by atoms with Crippen molar-refractivity contribution in [3.63, 3.8) is 0 Å². The van der Waals surface area contributed by atoms with E-state index in [1.807, 2.05) is 31.2 Å². The quantitative estimate of drug-likeness (QED) is 0.398. The smallest absolute Gasteiger partial charge is 0.266 e. The van der Waals surface area contributed by atoms with Gasteiger partial charge in [-0.25, -0.2) is 10.5 Å². The molecule has 0 bridgehead atoms. The molecule has 0 radical (unpaired) electrons. The molecule has 2 amide bonds. The molecule has 9 heteroatoms. The Morgan fingerprint density at radius 2 is 1.94 bits per heavy atom. The molecule has 0 aliphatic carbocycles. The third-order valence-corrected chi connectivity index (χ3v) is 6.61. The van der Waals surface area contributed by atoms with E-state index in [1.165, 1.54) is 0 Å². The molecule has 7 nitrogen and oxygen atoms in total. The molecule has 1 unspecified atom stereocenters. The van der Waals surface area contributed by atoms with Crippen molar-refractivity contribution in [3.05, 3.63) is 57.8 Å². The van der Waals surface area contributed by atoms with E-state index in [-0.39, 0.29) is 18.6 Å². The van der Waals surface area contributed by atoms with Crippen LogP contribution in [0.1, 0.15) is 43.7 Å². The molecular weight excluding hydrogens is 441 g/mol. The van der Waals surface area contributed by atoms with Crippen LogP contribution in [0.3, 0.4) is 0 Å². The number of carbonyl (C=O) groups excluding carboxylic acids is 2. The van der Waals surface area contributed by atoms with Crippen LogP contribution in [-0.4, -0.2) is 39.0 Å². The van der Waals surface area contributed by atoms with Crippen LogP contribution in [0, 0.1) is 0 Å². The Balaban J connectivity index is 1.49. The summed E-state index contributed by atoms with van der Waals surface area (Å²) in [5.74, 6) is 0.0417. The van der Waals surface area contributed by atoms with Gasteiger partial charge in [0.2, 0.25) is 5.91 Å². The molecule has 1 aromatic heterocycles. The van der Waals surface area contributed by atoms with E-state index in [0.717, 1.165) is 24.0 Å². The summed E-state index contributed by atoms with van der Waals surface area (Å²) < 4.78 is 5.82. The minimum absolute atomic E-state index is 0.00864. The second kappa shape index (κ2) is 8.65. The van der Waals surface area contributed by atoms with Crippen LogP contribution in [0.15, 0.2) is 36.4 Å². The van der Waals surface area contributed by atoms with Gasteiger partial charge in [-0.2, -0.15) is 0 Å². The van der Waals surface area contributed by atoms with Crippen molar-refractivity contribution in [1.29, 1.82) is 0 Å². The van der Waals surface area contributed by atoms with Crippen LogP contribution in [-0.2, 0) is 21.6 Å². The monoisotopic (exact) mass is 463 g/mol. The van der Waals surface area contributed by atoms with Gasteiger partial charge >= 0.3 is 0 Å².